The first-order valence-corrected chi connectivity index (χ1v) is 8.50. The van der Waals surface area contributed by atoms with Crippen LogP contribution in [0.1, 0.15) is 0 Å². The van der Waals surface area contributed by atoms with Gasteiger partial charge in [-0.15, -0.1) is 0 Å². The Kier molecular flexibility index (Phi) is 5.39. The fourth-order valence-corrected chi connectivity index (χ4v) is 2.61. The topological polar surface area (TPSA) is 75.9 Å². The third-order valence-electron chi connectivity index (χ3n) is 3.25. The zero-order valence-corrected chi connectivity index (χ0v) is 15.5. The molecule has 0 amide bonds. The Morgan fingerprint density at radius 1 is 0.680 bits per heavy atom. The van der Waals surface area contributed by atoms with Gasteiger partial charge < -0.3 is 16.4 Å². The highest BCUT2D eigenvalue weighted by molar-refractivity contribution is 6.42. The molecule has 0 fully saturated rings. The summed E-state index contributed by atoms with van der Waals surface area (Å²) in [6.45, 7) is 0. The number of hydrogen-bond acceptors (Lipinski definition) is 5. The predicted molar refractivity (Wildman–Crippen MR) is 106 cm³/mol. The zero-order chi connectivity index (χ0) is 18.0. The van der Waals surface area contributed by atoms with E-state index in [1.54, 1.807) is 36.4 Å². The van der Waals surface area contributed by atoms with E-state index in [9.17, 15) is 0 Å². The maximum absolute atomic E-state index is 6.15. The largest absolute Gasteiger partial charge is 0.393 e. The molecule has 0 unspecified atom stereocenters. The van der Waals surface area contributed by atoms with Crippen molar-refractivity contribution >= 4 is 75.1 Å². The molecule has 0 aliphatic heterocycles. The first-order valence-electron chi connectivity index (χ1n) is 6.98. The molecule has 1 aromatic heterocycles. The lowest BCUT2D eigenvalue weighted by atomic mass is 10.3. The lowest BCUT2D eigenvalue weighted by molar-refractivity contribution is 1.17. The average Bonchev–Trinajstić information content (AvgIpc) is 2.58. The quantitative estimate of drug-likeness (QED) is 0.476. The minimum Gasteiger partial charge on any atom is -0.393 e. The molecule has 5 nitrogen and oxygen atoms in total. The van der Waals surface area contributed by atoms with Crippen molar-refractivity contribution in [1.82, 2.24) is 9.97 Å². The number of nitrogens with zero attached hydrogens (tertiary/aromatic N) is 2. The van der Waals surface area contributed by atoms with Crippen molar-refractivity contribution in [3.63, 3.8) is 0 Å². The molecule has 3 rings (SSSR count). The lowest BCUT2D eigenvalue weighted by Crippen LogP contribution is -2.05. The number of anilines is 5. The zero-order valence-electron chi connectivity index (χ0n) is 12.5. The van der Waals surface area contributed by atoms with Crippen LogP contribution in [0.4, 0.5) is 28.7 Å². The Morgan fingerprint density at radius 2 is 1.12 bits per heavy atom. The van der Waals surface area contributed by atoms with Crippen LogP contribution in [-0.2, 0) is 0 Å². The van der Waals surface area contributed by atoms with Crippen LogP contribution in [-0.4, -0.2) is 9.97 Å². The van der Waals surface area contributed by atoms with Gasteiger partial charge >= 0.3 is 0 Å². The molecule has 0 radical (unpaired) electrons. The number of rotatable bonds is 4. The van der Waals surface area contributed by atoms with Gasteiger partial charge in [0.2, 0.25) is 0 Å². The Morgan fingerprint density at radius 3 is 1.52 bits per heavy atom. The Hall–Kier alpha value is -1.92. The van der Waals surface area contributed by atoms with E-state index in [0.29, 0.717) is 48.8 Å². The number of benzene rings is 2. The second kappa shape index (κ2) is 7.54. The van der Waals surface area contributed by atoms with Gasteiger partial charge in [-0.1, -0.05) is 46.4 Å². The van der Waals surface area contributed by atoms with Crippen LogP contribution < -0.4 is 16.4 Å². The summed E-state index contributed by atoms with van der Waals surface area (Å²) in [4.78, 5) is 8.30. The number of hydrogen-bond donors (Lipinski definition) is 3. The standard InChI is InChI=1S/C16H11Cl4N5/c17-10-3-1-8(5-12(10)19)24-15-14(21)16(23-7-22-15)25-9-2-4-11(18)13(20)6-9/h1-7H,21H2,(H2,22,23,24,25). The summed E-state index contributed by atoms with van der Waals surface area (Å²) in [6, 6.07) is 10.2. The number of nitrogens with one attached hydrogen (secondary N) is 2. The van der Waals surface area contributed by atoms with Gasteiger partial charge in [-0.25, -0.2) is 9.97 Å². The highest BCUT2D eigenvalue weighted by atomic mass is 35.5. The molecule has 128 valence electrons. The minimum absolute atomic E-state index is 0.333. The third-order valence-corrected chi connectivity index (χ3v) is 4.73. The maximum Gasteiger partial charge on any atom is 0.159 e. The molecule has 0 aliphatic rings. The second-order valence-electron chi connectivity index (χ2n) is 4.99. The molecule has 0 aliphatic carbocycles. The van der Waals surface area contributed by atoms with Crippen LogP contribution in [0.25, 0.3) is 0 Å². The van der Waals surface area contributed by atoms with E-state index in [0.717, 1.165) is 0 Å². The predicted octanol–water partition coefficient (Wildman–Crippen LogP) is 6.16. The summed E-state index contributed by atoms with van der Waals surface area (Å²) in [6.07, 6.45) is 1.38. The molecular formula is C16H11Cl4N5. The fraction of sp³-hybridized carbons (Fsp3) is 0. The maximum atomic E-state index is 6.15. The Labute approximate surface area is 164 Å². The molecule has 0 saturated heterocycles. The van der Waals surface area contributed by atoms with E-state index in [4.69, 9.17) is 52.1 Å². The summed E-state index contributed by atoms with van der Waals surface area (Å²) in [5, 5.41) is 7.94. The van der Waals surface area contributed by atoms with E-state index in [1.807, 2.05) is 0 Å². The first kappa shape index (κ1) is 17.9. The molecule has 1 heterocycles. The molecule has 2 aromatic carbocycles. The highest BCUT2D eigenvalue weighted by Gasteiger charge is 2.10. The van der Waals surface area contributed by atoms with Crippen molar-refractivity contribution in [3.05, 3.63) is 62.8 Å². The summed E-state index contributed by atoms with van der Waals surface area (Å²) in [7, 11) is 0. The SMILES string of the molecule is Nc1c(Nc2ccc(Cl)c(Cl)c2)ncnc1Nc1ccc(Cl)c(Cl)c1. The van der Waals surface area contributed by atoms with Gasteiger partial charge in [0, 0.05) is 11.4 Å². The summed E-state index contributed by atoms with van der Waals surface area (Å²) < 4.78 is 0. The van der Waals surface area contributed by atoms with Gasteiger partial charge in [0.25, 0.3) is 0 Å². The summed E-state index contributed by atoms with van der Waals surface area (Å²) >= 11 is 23.9. The normalized spacial score (nSPS) is 10.6. The molecule has 0 bridgehead atoms. The van der Waals surface area contributed by atoms with E-state index >= 15 is 0 Å². The van der Waals surface area contributed by atoms with Gasteiger partial charge in [-0.05, 0) is 36.4 Å². The van der Waals surface area contributed by atoms with E-state index in [1.165, 1.54) is 6.33 Å². The highest BCUT2D eigenvalue weighted by Crippen LogP contribution is 2.32. The lowest BCUT2D eigenvalue weighted by Gasteiger charge is -2.13. The van der Waals surface area contributed by atoms with Gasteiger partial charge in [-0.2, -0.15) is 0 Å². The van der Waals surface area contributed by atoms with Crippen LogP contribution in [0.15, 0.2) is 42.7 Å². The van der Waals surface area contributed by atoms with Crippen molar-refractivity contribution in [3.8, 4) is 0 Å². The van der Waals surface area contributed by atoms with Crippen molar-refractivity contribution in [2.75, 3.05) is 16.4 Å². The van der Waals surface area contributed by atoms with Crippen molar-refractivity contribution in [1.29, 1.82) is 0 Å². The molecule has 0 saturated carbocycles. The monoisotopic (exact) mass is 413 g/mol. The van der Waals surface area contributed by atoms with Crippen LogP contribution >= 0.6 is 46.4 Å². The summed E-state index contributed by atoms with van der Waals surface area (Å²) in [5.74, 6) is 0.854. The van der Waals surface area contributed by atoms with E-state index in [-0.39, 0.29) is 0 Å². The molecular weight excluding hydrogens is 404 g/mol. The first-order chi connectivity index (χ1) is 11.9. The van der Waals surface area contributed by atoms with Gasteiger partial charge in [0.15, 0.2) is 11.6 Å². The molecule has 0 atom stereocenters. The number of aromatic nitrogens is 2. The minimum atomic E-state index is 0.333. The smallest absolute Gasteiger partial charge is 0.159 e. The Balaban J connectivity index is 1.86. The van der Waals surface area contributed by atoms with Crippen LogP contribution in [0.2, 0.25) is 20.1 Å². The van der Waals surface area contributed by atoms with Crippen LogP contribution in [0, 0.1) is 0 Å². The number of nitrogens with two attached hydrogens (primary N) is 1. The van der Waals surface area contributed by atoms with Crippen LogP contribution in [0.3, 0.4) is 0 Å². The molecule has 0 spiro atoms. The van der Waals surface area contributed by atoms with Gasteiger partial charge in [0.1, 0.15) is 12.0 Å². The van der Waals surface area contributed by atoms with Crippen LogP contribution in [0.5, 0.6) is 0 Å². The van der Waals surface area contributed by atoms with E-state index < -0.39 is 0 Å². The molecule has 25 heavy (non-hydrogen) atoms. The number of nitrogen functional groups attached to an aromatic ring is 1. The van der Waals surface area contributed by atoms with Crippen molar-refractivity contribution in [2.24, 2.45) is 0 Å². The Bertz CT molecular complexity index is 861. The van der Waals surface area contributed by atoms with Crippen molar-refractivity contribution in [2.45, 2.75) is 0 Å². The summed E-state index contributed by atoms with van der Waals surface area (Å²) in [5.41, 5.74) is 7.87. The fourth-order valence-electron chi connectivity index (χ4n) is 2.02. The molecule has 9 heteroatoms. The van der Waals surface area contributed by atoms with E-state index in [2.05, 4.69) is 20.6 Å². The average molecular weight is 415 g/mol. The number of halogens is 4. The van der Waals surface area contributed by atoms with Gasteiger partial charge in [0.05, 0.1) is 20.1 Å². The van der Waals surface area contributed by atoms with Crippen molar-refractivity contribution < 1.29 is 0 Å². The van der Waals surface area contributed by atoms with Gasteiger partial charge in [-0.3, -0.25) is 0 Å². The third kappa shape index (κ3) is 4.19. The molecule has 4 N–H and O–H groups in total. The second-order valence-corrected chi connectivity index (χ2v) is 6.62. The molecule has 3 aromatic rings.